The van der Waals surface area contributed by atoms with Crippen molar-refractivity contribution >= 4 is 46.9 Å². The molecule has 2 amide bonds. The van der Waals surface area contributed by atoms with Crippen molar-refractivity contribution in [2.75, 3.05) is 13.7 Å². The molecule has 1 unspecified atom stereocenters. The molecule has 1 aromatic carbocycles. The Bertz CT molecular complexity index is 1660. The van der Waals surface area contributed by atoms with Crippen molar-refractivity contribution in [1.29, 1.82) is 0 Å². The molecule has 14 heteroatoms. The summed E-state index contributed by atoms with van der Waals surface area (Å²) >= 11 is 0. The van der Waals surface area contributed by atoms with Crippen LogP contribution in [0, 0.1) is 35.5 Å². The van der Waals surface area contributed by atoms with Crippen molar-refractivity contribution < 1.29 is 48.2 Å². The molecule has 1 aliphatic heterocycles. The summed E-state index contributed by atoms with van der Waals surface area (Å²) < 4.78 is 4.99. The van der Waals surface area contributed by atoms with Crippen LogP contribution in [0.25, 0.3) is 0 Å². The van der Waals surface area contributed by atoms with Gasteiger partial charge >= 0.3 is 11.9 Å². The Hall–Kier alpha value is -5.14. The topological polar surface area (TPSA) is 207 Å². The minimum atomic E-state index is -1.31. The predicted molar refractivity (Wildman–Crippen MR) is 196 cm³/mol. The molecule has 0 aliphatic carbocycles. The number of aliphatic carboxylic acids is 1. The average Bonchev–Trinajstić information content (AvgIpc) is 3.60. The van der Waals surface area contributed by atoms with E-state index >= 15 is 0 Å². The number of methoxy groups -OCH3 is 1. The molecule has 2 N–H and O–H groups in total. The lowest BCUT2D eigenvalue weighted by molar-refractivity contribution is -0.152. The smallest absolute Gasteiger partial charge is 0.311 e. The Morgan fingerprint density at radius 2 is 1.61 bits per heavy atom. The van der Waals surface area contributed by atoms with E-state index in [9.17, 15) is 43.5 Å². The maximum absolute atomic E-state index is 14.3. The van der Waals surface area contributed by atoms with Crippen molar-refractivity contribution in [3.8, 4) is 0 Å². The van der Waals surface area contributed by atoms with Gasteiger partial charge in [-0.3, -0.25) is 43.3 Å². The third kappa shape index (κ3) is 11.4. The van der Waals surface area contributed by atoms with Crippen molar-refractivity contribution in [1.82, 2.24) is 20.2 Å². The van der Waals surface area contributed by atoms with E-state index in [1.807, 2.05) is 0 Å². The van der Waals surface area contributed by atoms with Crippen molar-refractivity contribution in [3.05, 3.63) is 60.2 Å². The number of esters is 1. The van der Waals surface area contributed by atoms with Crippen molar-refractivity contribution in [3.63, 3.8) is 0 Å². The molecule has 1 saturated heterocycles. The number of amides is 2. The highest BCUT2D eigenvalue weighted by atomic mass is 16.5. The SMILES string of the molecule is CCCC(CC(=O)[C@@H]1[C@@H](C(=O)OC)CCN1C(=O)[C@@H](CC(=O)[C@@H](NC(=O)c1cnccn1)C(C)C)C(C)C)C(=O)C(=O)C[C@@H](Cc1ccccc1)C(=O)O. The van der Waals surface area contributed by atoms with E-state index in [0.29, 0.717) is 12.0 Å². The number of carboxylic acid groups (broad SMARTS) is 1. The van der Waals surface area contributed by atoms with E-state index < -0.39 is 95.5 Å². The Labute approximate surface area is 315 Å². The van der Waals surface area contributed by atoms with Crippen LogP contribution in [0.5, 0.6) is 0 Å². The second kappa shape index (κ2) is 20.4. The third-order valence-corrected chi connectivity index (χ3v) is 9.99. The van der Waals surface area contributed by atoms with Crippen LogP contribution in [0.15, 0.2) is 48.9 Å². The normalized spacial score (nSPS) is 17.7. The van der Waals surface area contributed by atoms with E-state index in [1.165, 1.54) is 30.6 Å². The summed E-state index contributed by atoms with van der Waals surface area (Å²) in [5, 5.41) is 12.5. The highest BCUT2D eigenvalue weighted by Gasteiger charge is 2.48. The Morgan fingerprint density at radius 3 is 2.17 bits per heavy atom. The first-order valence-corrected chi connectivity index (χ1v) is 18.4. The average molecular weight is 749 g/mol. The predicted octanol–water partition coefficient (Wildman–Crippen LogP) is 3.70. The van der Waals surface area contributed by atoms with E-state index in [4.69, 9.17) is 4.74 Å². The van der Waals surface area contributed by atoms with E-state index in [0.717, 1.165) is 0 Å². The van der Waals surface area contributed by atoms with Crippen molar-refractivity contribution in [2.24, 2.45) is 35.5 Å². The molecule has 0 bridgehead atoms. The number of rotatable bonds is 21. The number of hydrogen-bond acceptors (Lipinski definition) is 11. The quantitative estimate of drug-likeness (QED) is 0.138. The molecule has 14 nitrogen and oxygen atoms in total. The largest absolute Gasteiger partial charge is 0.481 e. The van der Waals surface area contributed by atoms with Gasteiger partial charge in [0, 0.05) is 50.0 Å². The number of carbonyl (C=O) groups excluding carboxylic acids is 7. The molecular weight excluding hydrogens is 696 g/mol. The van der Waals surface area contributed by atoms with Gasteiger partial charge in [-0.25, -0.2) is 4.98 Å². The fourth-order valence-electron chi connectivity index (χ4n) is 6.99. The number of nitrogens with one attached hydrogen (secondary N) is 1. The summed E-state index contributed by atoms with van der Waals surface area (Å²) in [5.41, 5.74) is 0.716. The number of ketones is 4. The molecular formula is C40H52N4O10. The standard InChI is InChI=1S/C40H52N4O10/c1-7-11-26(36(48)33(47)20-27(39(51)52)18-25-12-9-8-10-13-25)19-32(46)35-28(40(53)54-6)14-17-44(35)38(50)29(23(2)3)21-31(45)34(24(4)5)43-37(49)30-22-41-15-16-42-30/h8-10,12-13,15-16,22-24,26-29,34-35H,7,11,14,17-21H2,1-6H3,(H,43,49)(H,51,52)/t26?,27-,28+,29+,34+,35+/m1/s1. The number of likely N-dealkylation sites (tertiary alicyclic amines) is 1. The Balaban J connectivity index is 1.83. The molecule has 0 radical (unpaired) electrons. The molecule has 0 spiro atoms. The van der Waals surface area contributed by atoms with Crippen LogP contribution in [0.3, 0.4) is 0 Å². The second-order valence-corrected chi connectivity index (χ2v) is 14.6. The van der Waals surface area contributed by atoms with Crippen LogP contribution >= 0.6 is 0 Å². The second-order valence-electron chi connectivity index (χ2n) is 14.6. The number of aromatic nitrogens is 2. The van der Waals surface area contributed by atoms with Gasteiger partial charge in [-0.2, -0.15) is 0 Å². The van der Waals surface area contributed by atoms with Gasteiger partial charge in [0.05, 0.1) is 31.2 Å². The van der Waals surface area contributed by atoms with Crippen LogP contribution in [0.4, 0.5) is 0 Å². The molecule has 1 aromatic heterocycles. The van der Waals surface area contributed by atoms with Crippen LogP contribution in [-0.4, -0.2) is 92.6 Å². The van der Waals surface area contributed by atoms with Gasteiger partial charge in [0.2, 0.25) is 11.7 Å². The van der Waals surface area contributed by atoms with Gasteiger partial charge in [-0.05, 0) is 36.7 Å². The van der Waals surface area contributed by atoms with Crippen molar-refractivity contribution in [2.45, 2.75) is 91.6 Å². The molecule has 54 heavy (non-hydrogen) atoms. The number of carbonyl (C=O) groups is 8. The summed E-state index contributed by atoms with van der Waals surface area (Å²) in [5.74, 6) is -10.8. The van der Waals surface area contributed by atoms with Gasteiger partial charge in [-0.1, -0.05) is 71.4 Å². The monoisotopic (exact) mass is 748 g/mol. The molecule has 2 aromatic rings. The number of benzene rings is 1. The minimum absolute atomic E-state index is 0.00847. The zero-order valence-corrected chi connectivity index (χ0v) is 31.9. The number of hydrogen-bond donors (Lipinski definition) is 2. The molecule has 1 fully saturated rings. The van der Waals surface area contributed by atoms with Gasteiger partial charge in [0.15, 0.2) is 17.3 Å². The zero-order chi connectivity index (χ0) is 40.1. The summed E-state index contributed by atoms with van der Waals surface area (Å²) in [6, 6.07) is 6.46. The maximum atomic E-state index is 14.3. The first kappa shape index (κ1) is 43.3. The summed E-state index contributed by atoms with van der Waals surface area (Å²) in [7, 11) is 1.17. The molecule has 2 heterocycles. The van der Waals surface area contributed by atoms with Crippen LogP contribution < -0.4 is 5.32 Å². The lowest BCUT2D eigenvalue weighted by Crippen LogP contribution is -2.50. The third-order valence-electron chi connectivity index (χ3n) is 9.99. The summed E-state index contributed by atoms with van der Waals surface area (Å²) in [4.78, 5) is 116. The lowest BCUT2D eigenvalue weighted by atomic mass is 9.83. The summed E-state index contributed by atoms with van der Waals surface area (Å²) in [6.45, 7) is 8.81. The van der Waals surface area contributed by atoms with E-state index in [2.05, 4.69) is 15.3 Å². The Kier molecular flexibility index (Phi) is 16.3. The fraction of sp³-hybridized carbons (Fsp3) is 0.550. The summed E-state index contributed by atoms with van der Waals surface area (Å²) in [6.07, 6.45) is 3.49. The first-order chi connectivity index (χ1) is 25.6. The highest BCUT2D eigenvalue weighted by Crippen LogP contribution is 2.33. The van der Waals surface area contributed by atoms with E-state index in [1.54, 1.807) is 65.0 Å². The van der Waals surface area contributed by atoms with Gasteiger partial charge in [0.25, 0.3) is 5.91 Å². The number of ether oxygens (including phenoxy) is 1. The minimum Gasteiger partial charge on any atom is -0.481 e. The van der Waals surface area contributed by atoms with Crippen LogP contribution in [0.2, 0.25) is 0 Å². The number of carboxylic acids is 1. The van der Waals surface area contributed by atoms with Crippen LogP contribution in [0.1, 0.15) is 89.2 Å². The lowest BCUT2D eigenvalue weighted by Gasteiger charge is -2.32. The molecule has 1 aliphatic rings. The van der Waals surface area contributed by atoms with Gasteiger partial charge in [0.1, 0.15) is 11.7 Å². The van der Waals surface area contributed by atoms with Gasteiger partial charge < -0.3 is 20.1 Å². The zero-order valence-electron chi connectivity index (χ0n) is 31.9. The highest BCUT2D eigenvalue weighted by molar-refractivity contribution is 6.38. The molecule has 6 atom stereocenters. The number of nitrogens with zero attached hydrogens (tertiary/aromatic N) is 3. The van der Waals surface area contributed by atoms with Gasteiger partial charge in [-0.15, -0.1) is 0 Å². The maximum Gasteiger partial charge on any atom is 0.311 e. The number of Topliss-reactive ketones (excluding diaryl/α,β-unsaturated/α-hetero) is 4. The Morgan fingerprint density at radius 1 is 0.926 bits per heavy atom. The molecule has 3 rings (SSSR count). The van der Waals surface area contributed by atoms with E-state index in [-0.39, 0.29) is 49.8 Å². The molecule has 0 saturated carbocycles. The van der Waals surface area contributed by atoms with Crippen LogP contribution in [-0.2, 0) is 44.7 Å². The fourth-order valence-corrected chi connectivity index (χ4v) is 6.99. The first-order valence-electron chi connectivity index (χ1n) is 18.4. The molecule has 292 valence electrons.